The molecule has 0 bridgehead atoms. The smallest absolute Gasteiger partial charge is 0.333 e. The third kappa shape index (κ3) is 4.96. The summed E-state index contributed by atoms with van der Waals surface area (Å²) in [5.74, 6) is 1.52. The maximum absolute atomic E-state index is 12.9. The summed E-state index contributed by atoms with van der Waals surface area (Å²) in [4.78, 5) is 24.0. The van der Waals surface area contributed by atoms with Crippen LogP contribution in [0.5, 0.6) is 0 Å². The Balaban J connectivity index is 1.40. The average molecular weight is 496 g/mol. The van der Waals surface area contributed by atoms with Crippen LogP contribution in [-0.4, -0.2) is 83.6 Å². The zero-order chi connectivity index (χ0) is 25.2. The van der Waals surface area contributed by atoms with Crippen molar-refractivity contribution in [1.29, 1.82) is 5.41 Å². The summed E-state index contributed by atoms with van der Waals surface area (Å²) in [5, 5.41) is 15.7. The summed E-state index contributed by atoms with van der Waals surface area (Å²) >= 11 is 0. The van der Waals surface area contributed by atoms with Gasteiger partial charge in [-0.2, -0.15) is 13.9 Å². The molecule has 0 unspecified atom stereocenters. The lowest BCUT2D eigenvalue weighted by atomic mass is 10.2. The Morgan fingerprint density at radius 1 is 1.19 bits per heavy atom. The Bertz CT molecular complexity index is 1390. The van der Waals surface area contributed by atoms with Crippen LogP contribution < -0.4 is 5.32 Å². The number of alkyl halides is 2. The number of H-pyrrole nitrogens is 2. The van der Waals surface area contributed by atoms with Gasteiger partial charge in [-0.1, -0.05) is 0 Å². The minimum atomic E-state index is -2.72. The quantitative estimate of drug-likeness (QED) is 0.229. The van der Waals surface area contributed by atoms with Crippen LogP contribution in [-0.2, 0) is 6.54 Å². The maximum Gasteiger partial charge on any atom is 0.333 e. The van der Waals surface area contributed by atoms with Crippen LogP contribution in [0.4, 0.5) is 8.78 Å². The summed E-state index contributed by atoms with van der Waals surface area (Å²) in [7, 11) is 2.06. The van der Waals surface area contributed by atoms with Crippen molar-refractivity contribution < 1.29 is 8.78 Å². The third-order valence-corrected chi connectivity index (χ3v) is 6.16. The number of aromatic amines is 2. The van der Waals surface area contributed by atoms with E-state index < -0.39 is 6.55 Å². The first-order valence-corrected chi connectivity index (χ1v) is 11.5. The molecule has 188 valence electrons. The average Bonchev–Trinajstić information content (AvgIpc) is 3.61. The van der Waals surface area contributed by atoms with E-state index in [1.165, 1.54) is 12.4 Å². The van der Waals surface area contributed by atoms with E-state index in [2.05, 4.69) is 47.3 Å². The van der Waals surface area contributed by atoms with Gasteiger partial charge in [0.05, 0.1) is 35.8 Å². The van der Waals surface area contributed by atoms with Crippen LogP contribution >= 0.6 is 0 Å². The lowest BCUT2D eigenvalue weighted by Gasteiger charge is -2.33. The van der Waals surface area contributed by atoms with E-state index in [1.54, 1.807) is 18.5 Å². The van der Waals surface area contributed by atoms with Gasteiger partial charge in [-0.25, -0.2) is 19.6 Å². The fourth-order valence-electron chi connectivity index (χ4n) is 4.01. The molecule has 0 saturated carbocycles. The standard InChI is InChI=1S/C23H27F2N11/c1-14-3-4-27-22-20(14)32-19(33-22)12-28-16(9-18(26)35-7-5-34(2)6-8-35)21-29-11-17(31-21)15-10-30-36(13-15)23(24)25/h3-4,9-11,13,23,26,28H,5-8,12H2,1-2H3,(H,29,31)(H,27,32,33)/b16-9+,26-18?. The van der Waals surface area contributed by atoms with E-state index in [-0.39, 0.29) is 0 Å². The Hall–Kier alpha value is -4.13. The summed E-state index contributed by atoms with van der Waals surface area (Å²) in [6.45, 7) is 2.88. The molecular weight excluding hydrogens is 468 g/mol. The monoisotopic (exact) mass is 495 g/mol. The number of amidine groups is 1. The number of nitrogens with zero attached hydrogens (tertiary/aromatic N) is 7. The Morgan fingerprint density at radius 2 is 2.00 bits per heavy atom. The van der Waals surface area contributed by atoms with Gasteiger partial charge in [0.25, 0.3) is 0 Å². The largest absolute Gasteiger partial charge is 0.375 e. The number of pyridine rings is 1. The number of nitrogens with one attached hydrogen (secondary N) is 4. The molecule has 0 atom stereocenters. The first kappa shape index (κ1) is 23.6. The van der Waals surface area contributed by atoms with Crippen molar-refractivity contribution in [3.63, 3.8) is 0 Å². The Kier molecular flexibility index (Phi) is 6.46. The number of fused-ring (bicyclic) bond motifs is 1. The number of aryl methyl sites for hydroxylation is 1. The van der Waals surface area contributed by atoms with Crippen molar-refractivity contribution in [3.8, 4) is 11.3 Å². The molecule has 4 aromatic heterocycles. The molecule has 11 nitrogen and oxygen atoms in total. The number of rotatable bonds is 7. The molecule has 0 spiro atoms. The van der Waals surface area contributed by atoms with Crippen molar-refractivity contribution in [3.05, 3.63) is 54.1 Å². The van der Waals surface area contributed by atoms with Crippen molar-refractivity contribution in [2.75, 3.05) is 33.2 Å². The SMILES string of the molecule is Cc1ccnc2nc(CN/C(=C/C(=N)N3CCN(C)CC3)c3ncc(-c4cnn(C(F)F)c4)[nH]3)[nH]c12. The van der Waals surface area contributed by atoms with Crippen LogP contribution in [0.25, 0.3) is 28.1 Å². The summed E-state index contributed by atoms with van der Waals surface area (Å²) in [6, 6.07) is 1.92. The molecule has 0 amide bonds. The number of aromatic nitrogens is 7. The van der Waals surface area contributed by atoms with E-state index in [1.807, 2.05) is 17.9 Å². The predicted molar refractivity (Wildman–Crippen MR) is 131 cm³/mol. The van der Waals surface area contributed by atoms with Crippen LogP contribution in [0, 0.1) is 12.3 Å². The van der Waals surface area contributed by atoms with Crippen LogP contribution in [0.15, 0.2) is 36.9 Å². The summed E-state index contributed by atoms with van der Waals surface area (Å²) in [5.41, 5.74) is 4.17. The lowest BCUT2D eigenvalue weighted by molar-refractivity contribution is 0.0566. The molecular formula is C23H27F2N11. The second-order valence-electron chi connectivity index (χ2n) is 8.73. The lowest BCUT2D eigenvalue weighted by Crippen LogP contribution is -2.46. The molecule has 5 rings (SSSR count). The molecule has 1 aliphatic rings. The van der Waals surface area contributed by atoms with E-state index in [9.17, 15) is 8.78 Å². The molecule has 4 N–H and O–H groups in total. The van der Waals surface area contributed by atoms with Crippen molar-refractivity contribution >= 4 is 22.7 Å². The zero-order valence-corrected chi connectivity index (χ0v) is 20.0. The van der Waals surface area contributed by atoms with Crippen molar-refractivity contribution in [2.24, 2.45) is 0 Å². The Morgan fingerprint density at radius 3 is 2.72 bits per heavy atom. The molecule has 4 aromatic rings. The van der Waals surface area contributed by atoms with Gasteiger partial charge >= 0.3 is 6.55 Å². The van der Waals surface area contributed by atoms with E-state index in [0.717, 1.165) is 37.3 Å². The number of halogens is 2. The van der Waals surface area contributed by atoms with Gasteiger partial charge < -0.3 is 25.1 Å². The number of likely N-dealkylation sites (N-methyl/N-ethyl adjacent to an activating group) is 1. The van der Waals surface area contributed by atoms with Crippen LogP contribution in [0.3, 0.4) is 0 Å². The van der Waals surface area contributed by atoms with E-state index >= 15 is 0 Å². The molecule has 5 heterocycles. The third-order valence-electron chi connectivity index (χ3n) is 6.16. The predicted octanol–water partition coefficient (Wildman–Crippen LogP) is 2.60. The summed E-state index contributed by atoms with van der Waals surface area (Å²) < 4.78 is 26.5. The van der Waals surface area contributed by atoms with Gasteiger partial charge in [0.2, 0.25) is 0 Å². The van der Waals surface area contributed by atoms with Crippen LogP contribution in [0.1, 0.15) is 23.8 Å². The molecule has 0 radical (unpaired) electrons. The fraction of sp³-hybridized carbons (Fsp3) is 0.348. The number of piperazine rings is 1. The molecule has 1 saturated heterocycles. The number of imidazole rings is 2. The van der Waals surface area contributed by atoms with Gasteiger partial charge in [0, 0.05) is 50.2 Å². The molecule has 0 aliphatic carbocycles. The van der Waals surface area contributed by atoms with Gasteiger partial charge in [0.1, 0.15) is 11.7 Å². The molecule has 1 aliphatic heterocycles. The highest BCUT2D eigenvalue weighted by atomic mass is 19.3. The first-order chi connectivity index (χ1) is 17.4. The van der Waals surface area contributed by atoms with Gasteiger partial charge in [-0.05, 0) is 25.6 Å². The first-order valence-electron chi connectivity index (χ1n) is 11.5. The van der Waals surface area contributed by atoms with E-state index in [4.69, 9.17) is 5.41 Å². The highest BCUT2D eigenvalue weighted by Crippen LogP contribution is 2.21. The van der Waals surface area contributed by atoms with Gasteiger partial charge in [-0.15, -0.1) is 0 Å². The molecule has 36 heavy (non-hydrogen) atoms. The van der Waals surface area contributed by atoms with Gasteiger partial charge in [-0.3, -0.25) is 5.41 Å². The highest BCUT2D eigenvalue weighted by molar-refractivity contribution is 5.96. The summed E-state index contributed by atoms with van der Waals surface area (Å²) in [6.07, 6.45) is 7.62. The molecule has 1 fully saturated rings. The second kappa shape index (κ2) is 9.85. The highest BCUT2D eigenvalue weighted by Gasteiger charge is 2.18. The van der Waals surface area contributed by atoms with Crippen molar-refractivity contribution in [1.82, 2.24) is 49.8 Å². The minimum absolute atomic E-state index is 0.344. The topological polar surface area (TPSA) is 130 Å². The van der Waals surface area contributed by atoms with Crippen molar-refractivity contribution in [2.45, 2.75) is 20.0 Å². The zero-order valence-electron chi connectivity index (χ0n) is 20.0. The maximum atomic E-state index is 12.9. The second-order valence-corrected chi connectivity index (χ2v) is 8.73. The Labute approximate surface area is 205 Å². The molecule has 0 aromatic carbocycles. The normalized spacial score (nSPS) is 15.2. The minimum Gasteiger partial charge on any atom is -0.375 e. The number of hydrogen-bond donors (Lipinski definition) is 4. The van der Waals surface area contributed by atoms with Gasteiger partial charge in [0.15, 0.2) is 11.5 Å². The van der Waals surface area contributed by atoms with E-state index in [0.29, 0.717) is 51.3 Å². The fourth-order valence-corrected chi connectivity index (χ4v) is 4.01. The number of hydrogen-bond acceptors (Lipinski definition) is 7. The molecule has 13 heteroatoms. The van der Waals surface area contributed by atoms with Crippen LogP contribution in [0.2, 0.25) is 0 Å².